The predicted molar refractivity (Wildman–Crippen MR) is 69.6 cm³/mol. The molecule has 0 aromatic carbocycles. The van der Waals surface area contributed by atoms with Gasteiger partial charge in [-0.1, -0.05) is 37.1 Å². The van der Waals surface area contributed by atoms with E-state index in [9.17, 15) is 0 Å². The van der Waals surface area contributed by atoms with Crippen molar-refractivity contribution in [3.05, 3.63) is 41.9 Å². The third kappa shape index (κ3) is 4.46. The van der Waals surface area contributed by atoms with Gasteiger partial charge in [0.2, 0.25) is 0 Å². The average molecular weight is 232 g/mol. The van der Waals surface area contributed by atoms with Crippen molar-refractivity contribution in [3.63, 3.8) is 0 Å². The molecule has 0 unspecified atom stereocenters. The Morgan fingerprint density at radius 1 is 1.41 bits per heavy atom. The van der Waals surface area contributed by atoms with Crippen LogP contribution >= 0.6 is 0 Å². The van der Waals surface area contributed by atoms with Crippen molar-refractivity contribution in [3.8, 4) is 0 Å². The van der Waals surface area contributed by atoms with Gasteiger partial charge in [0.25, 0.3) is 12.4 Å². The Morgan fingerprint density at radius 3 is 2.88 bits per heavy atom. The maximum absolute atomic E-state index is 5.68. The molecule has 0 radical (unpaired) electrons. The van der Waals surface area contributed by atoms with Gasteiger partial charge in [-0.25, -0.2) is 6.08 Å². The molecule has 0 aromatic heterocycles. The van der Waals surface area contributed by atoms with Crippen molar-refractivity contribution >= 4 is 5.78 Å². The molecule has 1 rings (SSSR count). The Hall–Kier alpha value is -1.53. The summed E-state index contributed by atoms with van der Waals surface area (Å²) in [5.41, 5.74) is 3.83. The summed E-state index contributed by atoms with van der Waals surface area (Å²) in [7, 11) is 1.61. The first-order valence-corrected chi connectivity index (χ1v) is 6.09. The van der Waals surface area contributed by atoms with Crippen LogP contribution in [-0.2, 0) is 9.16 Å². The van der Waals surface area contributed by atoms with Gasteiger partial charge in [-0.05, 0) is 6.42 Å². The van der Waals surface area contributed by atoms with Gasteiger partial charge in [-0.3, -0.25) is 11.0 Å². The smallest absolute Gasteiger partial charge is 0.282 e. The molecule has 17 heavy (non-hydrogen) atoms. The summed E-state index contributed by atoms with van der Waals surface area (Å²) in [5.74, 6) is 1.44. The molecule has 0 saturated heterocycles. The zero-order valence-electron chi connectivity index (χ0n) is 10.7. The fourth-order valence-electron chi connectivity index (χ4n) is 1.56. The number of allylic oxidation sites excluding steroid dienone is 3. The van der Waals surface area contributed by atoms with E-state index >= 15 is 0 Å². The summed E-state index contributed by atoms with van der Waals surface area (Å²) in [6.07, 6.45) is 9.89. The molecule has 0 heterocycles. The Labute approximate surface area is 104 Å². The van der Waals surface area contributed by atoms with Gasteiger partial charge in [0.1, 0.15) is 5.76 Å². The van der Waals surface area contributed by atoms with Crippen molar-refractivity contribution in [1.82, 2.24) is 0 Å². The van der Waals surface area contributed by atoms with E-state index in [4.69, 9.17) is 15.7 Å². The molecule has 0 saturated carbocycles. The number of hydrogen-bond donors (Lipinski definition) is 0. The lowest BCUT2D eigenvalue weighted by Gasteiger charge is -2.07. The first kappa shape index (κ1) is 13.5. The highest BCUT2D eigenvalue weighted by atomic mass is 16.5. The summed E-state index contributed by atoms with van der Waals surface area (Å²) in [6, 6.07) is 0. The second-order valence-electron chi connectivity index (χ2n) is 3.90. The van der Waals surface area contributed by atoms with Crippen LogP contribution in [0.2, 0.25) is 0 Å². The largest absolute Gasteiger partial charge is 0.491 e. The van der Waals surface area contributed by atoms with Crippen LogP contribution in [0.5, 0.6) is 0 Å². The number of rotatable bonds is 7. The number of methoxy groups -OCH3 is 1. The molecule has 2 heteroatoms. The van der Waals surface area contributed by atoms with Gasteiger partial charge < -0.3 is 4.74 Å². The molecule has 92 valence electrons. The van der Waals surface area contributed by atoms with Gasteiger partial charge in [-0.2, -0.15) is 0 Å². The van der Waals surface area contributed by atoms with Crippen molar-refractivity contribution in [2.75, 3.05) is 13.7 Å². The average Bonchev–Trinajstić information content (AvgIpc) is 2.38. The normalized spacial score (nSPS) is 16.7. The van der Waals surface area contributed by atoms with E-state index in [1.165, 1.54) is 25.3 Å². The van der Waals surface area contributed by atoms with Crippen LogP contribution in [-0.4, -0.2) is 19.5 Å². The molecule has 2 nitrogen and oxygen atoms in total. The second kappa shape index (κ2) is 7.70. The molecule has 0 atom stereocenters. The van der Waals surface area contributed by atoms with E-state index < -0.39 is 0 Å². The van der Waals surface area contributed by atoms with E-state index in [-0.39, 0.29) is 0 Å². The van der Waals surface area contributed by atoms with Crippen LogP contribution in [0, 0.1) is 6.58 Å². The summed E-state index contributed by atoms with van der Waals surface area (Å²) >= 11 is 0. The third-order valence-electron chi connectivity index (χ3n) is 2.57. The SMILES string of the molecule is [CH-]=CC1=CC(OC)=C=CC1=[O+]CCCCCC. The summed E-state index contributed by atoms with van der Waals surface area (Å²) in [5, 5.41) is 0. The lowest BCUT2D eigenvalue weighted by molar-refractivity contribution is -0.456. The van der Waals surface area contributed by atoms with Crippen LogP contribution in [0.1, 0.15) is 32.6 Å². The minimum Gasteiger partial charge on any atom is -0.491 e. The molecular formula is C15H20O2. The molecule has 1 aliphatic carbocycles. The van der Waals surface area contributed by atoms with Crippen LogP contribution in [0.4, 0.5) is 0 Å². The first-order valence-electron chi connectivity index (χ1n) is 6.09. The lowest BCUT2D eigenvalue weighted by atomic mass is 10.1. The molecule has 0 N–H and O–H groups in total. The summed E-state index contributed by atoms with van der Waals surface area (Å²) in [6.45, 7) is 8.47. The molecule has 0 spiro atoms. The number of ketones is 1. The number of carbonyl (C=O) groups excluding carboxylic acids is 1. The monoisotopic (exact) mass is 232 g/mol. The highest BCUT2D eigenvalue weighted by Gasteiger charge is 2.09. The van der Waals surface area contributed by atoms with Gasteiger partial charge in [0.15, 0.2) is 0 Å². The van der Waals surface area contributed by atoms with Crippen molar-refractivity contribution in [2.24, 2.45) is 0 Å². The van der Waals surface area contributed by atoms with E-state index in [0.717, 1.165) is 24.4 Å². The standard InChI is InChI=1S/C15H20O2/c1-4-6-7-8-11-17-15-10-9-14(16-3)12-13(15)5-2/h2,5,10,12H,4,6-8,11H2,1,3H3. The number of unbranched alkanes of at least 4 members (excludes halogenated alkanes) is 3. The summed E-state index contributed by atoms with van der Waals surface area (Å²) < 4.78 is 10.8. The van der Waals surface area contributed by atoms with Gasteiger partial charge in [0.05, 0.1) is 13.2 Å². The maximum Gasteiger partial charge on any atom is 0.282 e. The second-order valence-corrected chi connectivity index (χ2v) is 3.90. The van der Waals surface area contributed by atoms with Crippen LogP contribution in [0.15, 0.2) is 35.3 Å². The van der Waals surface area contributed by atoms with Crippen molar-refractivity contribution < 1.29 is 9.16 Å². The predicted octanol–water partition coefficient (Wildman–Crippen LogP) is 3.29. The maximum atomic E-state index is 5.68. The van der Waals surface area contributed by atoms with Crippen LogP contribution in [0.25, 0.3) is 0 Å². The highest BCUT2D eigenvalue weighted by Crippen LogP contribution is 2.11. The zero-order valence-corrected chi connectivity index (χ0v) is 10.7. The highest BCUT2D eigenvalue weighted by molar-refractivity contribution is 6.07. The molecular weight excluding hydrogens is 212 g/mol. The molecule has 0 fully saturated rings. The Balaban J connectivity index is 2.58. The molecule has 0 aliphatic heterocycles. The lowest BCUT2D eigenvalue weighted by Crippen LogP contribution is -2.06. The number of ether oxygens (including phenoxy) is 1. The quantitative estimate of drug-likeness (QED) is 0.285. The number of hydrogen-bond acceptors (Lipinski definition) is 1. The van der Waals surface area contributed by atoms with E-state index in [2.05, 4.69) is 12.7 Å². The minimum absolute atomic E-state index is 0.667. The van der Waals surface area contributed by atoms with Crippen LogP contribution < -0.4 is 0 Å². The third-order valence-corrected chi connectivity index (χ3v) is 2.57. The Bertz CT molecular complexity index is 380. The first-order chi connectivity index (χ1) is 8.31. The molecule has 0 bridgehead atoms. The van der Waals surface area contributed by atoms with Crippen molar-refractivity contribution in [1.29, 1.82) is 0 Å². The van der Waals surface area contributed by atoms with E-state index in [1.807, 2.05) is 6.08 Å². The Morgan fingerprint density at radius 2 is 2.24 bits per heavy atom. The fraction of sp³-hybridized carbons (Fsp3) is 0.467. The van der Waals surface area contributed by atoms with E-state index in [1.54, 1.807) is 13.2 Å². The topological polar surface area (TPSA) is 20.5 Å². The molecule has 0 aromatic rings. The Kier molecular flexibility index (Phi) is 6.13. The summed E-state index contributed by atoms with van der Waals surface area (Å²) in [4.78, 5) is 0. The zero-order chi connectivity index (χ0) is 12.5. The van der Waals surface area contributed by atoms with E-state index in [0.29, 0.717) is 5.76 Å². The van der Waals surface area contributed by atoms with Gasteiger partial charge in [0, 0.05) is 6.42 Å². The van der Waals surface area contributed by atoms with Gasteiger partial charge in [-0.15, -0.1) is 0 Å². The minimum atomic E-state index is 0.667. The molecule has 1 aliphatic rings. The fourth-order valence-corrected chi connectivity index (χ4v) is 1.56. The molecule has 0 amide bonds. The van der Waals surface area contributed by atoms with Crippen LogP contribution in [0.3, 0.4) is 0 Å². The van der Waals surface area contributed by atoms with Gasteiger partial charge >= 0.3 is 0 Å². The van der Waals surface area contributed by atoms with Crippen molar-refractivity contribution in [2.45, 2.75) is 32.6 Å².